The molecule has 0 amide bonds. The van der Waals surface area contributed by atoms with E-state index in [1.807, 2.05) is 6.08 Å². The quantitative estimate of drug-likeness (QED) is 0.637. The number of fused-ring (bicyclic) bond motifs is 1. The van der Waals surface area contributed by atoms with Gasteiger partial charge in [0.1, 0.15) is 6.61 Å². The van der Waals surface area contributed by atoms with E-state index in [0.29, 0.717) is 18.9 Å². The predicted molar refractivity (Wildman–Crippen MR) is 93.6 cm³/mol. The molecule has 3 N–H and O–H groups in total. The van der Waals surface area contributed by atoms with Crippen molar-refractivity contribution in [2.24, 2.45) is 28.6 Å². The molecule has 1 heterocycles. The summed E-state index contributed by atoms with van der Waals surface area (Å²) in [6.07, 6.45) is 8.20. The van der Waals surface area contributed by atoms with E-state index < -0.39 is 5.41 Å². The molecular weight excluding hydrogens is 320 g/mol. The Morgan fingerprint density at radius 1 is 1.20 bits per heavy atom. The van der Waals surface area contributed by atoms with Crippen molar-refractivity contribution in [3.8, 4) is 0 Å². The molecule has 25 heavy (non-hydrogen) atoms. The second-order valence-corrected chi connectivity index (χ2v) is 8.58. The fourth-order valence-electron chi connectivity index (χ4n) is 6.19. The van der Waals surface area contributed by atoms with Crippen LogP contribution in [0.3, 0.4) is 0 Å². The molecule has 4 unspecified atom stereocenters. The van der Waals surface area contributed by atoms with Crippen molar-refractivity contribution >= 4 is 5.97 Å². The Morgan fingerprint density at radius 2 is 1.96 bits per heavy atom. The first-order chi connectivity index (χ1) is 12.0. The van der Waals surface area contributed by atoms with Gasteiger partial charge in [0, 0.05) is 17.6 Å². The molecule has 4 atom stereocenters. The Balaban J connectivity index is 1.83. The van der Waals surface area contributed by atoms with Crippen LogP contribution in [0.1, 0.15) is 51.9 Å². The maximum absolute atomic E-state index is 11.8. The largest absolute Gasteiger partial charge is 0.458 e. The summed E-state index contributed by atoms with van der Waals surface area (Å²) in [6.45, 7) is 2.88. The van der Waals surface area contributed by atoms with E-state index in [9.17, 15) is 20.1 Å². The van der Waals surface area contributed by atoms with E-state index >= 15 is 0 Å². The third-order valence-corrected chi connectivity index (χ3v) is 7.56. The van der Waals surface area contributed by atoms with Gasteiger partial charge in [0.25, 0.3) is 0 Å². The molecule has 0 radical (unpaired) electrons. The number of hydrogen-bond donors (Lipinski definition) is 3. The molecule has 0 saturated heterocycles. The summed E-state index contributed by atoms with van der Waals surface area (Å²) in [5.74, 6) is 0.582. The molecule has 0 aromatic heterocycles. The van der Waals surface area contributed by atoms with Gasteiger partial charge in [-0.2, -0.15) is 0 Å². The Bertz CT molecular complexity index is 524. The Labute approximate surface area is 150 Å². The highest BCUT2D eigenvalue weighted by molar-refractivity contribution is 5.90. The normalized spacial score (nSPS) is 37.4. The molecule has 3 aliphatic rings. The van der Waals surface area contributed by atoms with Crippen LogP contribution < -0.4 is 0 Å². The van der Waals surface area contributed by atoms with Crippen molar-refractivity contribution in [3.63, 3.8) is 0 Å². The number of ether oxygens (including phenoxy) is 1. The van der Waals surface area contributed by atoms with Gasteiger partial charge >= 0.3 is 5.97 Å². The topological polar surface area (TPSA) is 87.0 Å². The maximum atomic E-state index is 11.8. The minimum atomic E-state index is -0.406. The molecule has 0 bridgehead atoms. The van der Waals surface area contributed by atoms with E-state index in [1.165, 1.54) is 0 Å². The van der Waals surface area contributed by atoms with Crippen LogP contribution >= 0.6 is 0 Å². The van der Waals surface area contributed by atoms with Crippen LogP contribution in [-0.4, -0.2) is 47.7 Å². The van der Waals surface area contributed by atoms with Crippen molar-refractivity contribution in [2.75, 3.05) is 26.4 Å². The second-order valence-electron chi connectivity index (χ2n) is 8.58. The first-order valence-electron chi connectivity index (χ1n) is 9.69. The van der Waals surface area contributed by atoms with Gasteiger partial charge in [-0.15, -0.1) is 0 Å². The van der Waals surface area contributed by atoms with Gasteiger partial charge in [0.15, 0.2) is 0 Å². The minimum Gasteiger partial charge on any atom is -0.458 e. The van der Waals surface area contributed by atoms with E-state index in [0.717, 1.165) is 44.1 Å². The van der Waals surface area contributed by atoms with E-state index in [2.05, 4.69) is 6.92 Å². The van der Waals surface area contributed by atoms with Gasteiger partial charge in [-0.25, -0.2) is 4.79 Å². The first kappa shape index (κ1) is 18.9. The lowest BCUT2D eigenvalue weighted by Gasteiger charge is -2.60. The van der Waals surface area contributed by atoms with Gasteiger partial charge in [-0.3, -0.25) is 0 Å². The zero-order chi connectivity index (χ0) is 18.1. The van der Waals surface area contributed by atoms with Crippen LogP contribution in [0.15, 0.2) is 11.6 Å². The van der Waals surface area contributed by atoms with Crippen molar-refractivity contribution in [2.45, 2.75) is 51.9 Å². The van der Waals surface area contributed by atoms with Crippen LogP contribution in [-0.2, 0) is 9.53 Å². The average molecular weight is 352 g/mol. The third kappa shape index (κ3) is 3.15. The van der Waals surface area contributed by atoms with Crippen molar-refractivity contribution in [1.82, 2.24) is 0 Å². The highest BCUT2D eigenvalue weighted by atomic mass is 16.5. The van der Waals surface area contributed by atoms with Crippen LogP contribution in [0.2, 0.25) is 0 Å². The molecule has 3 rings (SSSR count). The lowest BCUT2D eigenvalue weighted by atomic mass is 9.45. The summed E-state index contributed by atoms with van der Waals surface area (Å²) in [5, 5.41) is 30.1. The van der Waals surface area contributed by atoms with Crippen LogP contribution in [0.5, 0.6) is 0 Å². The van der Waals surface area contributed by atoms with Gasteiger partial charge < -0.3 is 20.1 Å². The van der Waals surface area contributed by atoms with E-state index in [1.54, 1.807) is 0 Å². The van der Waals surface area contributed by atoms with Crippen molar-refractivity contribution in [3.05, 3.63) is 11.6 Å². The van der Waals surface area contributed by atoms with E-state index in [-0.39, 0.29) is 43.0 Å². The molecular formula is C20H32O5. The smallest absolute Gasteiger partial charge is 0.334 e. The number of carbonyl (C=O) groups excluding carboxylic acids is 1. The fourth-order valence-corrected chi connectivity index (χ4v) is 6.19. The summed E-state index contributed by atoms with van der Waals surface area (Å²) in [7, 11) is 0. The molecule has 0 aromatic carbocycles. The number of rotatable bonds is 6. The standard InChI is InChI=1S/C20H32O5/c1-19-8-2-9-20(12-22,13-23)17(19)6-4-15(11-21)16(19)5-3-14-7-10-25-18(14)24/h7,15-17,21-23H,2-6,8-13H2,1H3. The monoisotopic (exact) mass is 352 g/mol. The number of esters is 1. The summed E-state index contributed by atoms with van der Waals surface area (Å²) in [5.41, 5.74) is 0.337. The number of carbonyl (C=O) groups is 1. The fraction of sp³-hybridized carbons (Fsp3) is 0.850. The molecule has 1 aliphatic heterocycles. The SMILES string of the molecule is CC12CCCC(CO)(CO)C1CCC(CO)C2CCC1=CCOC1=O. The second kappa shape index (κ2) is 7.37. The van der Waals surface area contributed by atoms with Crippen molar-refractivity contribution in [1.29, 1.82) is 0 Å². The highest BCUT2D eigenvalue weighted by Crippen LogP contribution is 2.62. The number of cyclic esters (lactones) is 1. The van der Waals surface area contributed by atoms with Gasteiger partial charge in [-0.1, -0.05) is 13.3 Å². The Kier molecular flexibility index (Phi) is 5.57. The van der Waals surface area contributed by atoms with Crippen LogP contribution in [0.4, 0.5) is 0 Å². The Morgan fingerprint density at radius 3 is 2.56 bits per heavy atom. The molecule has 5 heteroatoms. The molecule has 2 saturated carbocycles. The molecule has 0 spiro atoms. The summed E-state index contributed by atoms with van der Waals surface area (Å²) >= 11 is 0. The van der Waals surface area contributed by atoms with Gasteiger partial charge in [0.05, 0.1) is 13.2 Å². The van der Waals surface area contributed by atoms with Crippen LogP contribution in [0.25, 0.3) is 0 Å². The van der Waals surface area contributed by atoms with E-state index in [4.69, 9.17) is 4.74 Å². The molecule has 5 nitrogen and oxygen atoms in total. The Hall–Kier alpha value is -0.910. The summed E-state index contributed by atoms with van der Waals surface area (Å²) < 4.78 is 5.01. The van der Waals surface area contributed by atoms with Gasteiger partial charge in [-0.05, 0) is 67.8 Å². The molecule has 2 aliphatic carbocycles. The molecule has 0 aromatic rings. The minimum absolute atomic E-state index is 0.0155. The third-order valence-electron chi connectivity index (χ3n) is 7.56. The number of aliphatic hydroxyl groups excluding tert-OH is 3. The van der Waals surface area contributed by atoms with Gasteiger partial charge in [0.2, 0.25) is 0 Å². The maximum Gasteiger partial charge on any atom is 0.334 e. The van der Waals surface area contributed by atoms with Crippen molar-refractivity contribution < 1.29 is 24.9 Å². The van der Waals surface area contributed by atoms with Crippen LogP contribution in [0, 0.1) is 28.6 Å². The number of aliphatic hydroxyl groups is 3. The highest BCUT2D eigenvalue weighted by Gasteiger charge is 2.57. The lowest BCUT2D eigenvalue weighted by Crippen LogP contribution is -2.56. The summed E-state index contributed by atoms with van der Waals surface area (Å²) in [4.78, 5) is 11.8. The summed E-state index contributed by atoms with van der Waals surface area (Å²) in [6, 6.07) is 0. The zero-order valence-electron chi connectivity index (χ0n) is 15.2. The molecule has 142 valence electrons. The average Bonchev–Trinajstić information content (AvgIpc) is 3.03. The number of hydrogen-bond acceptors (Lipinski definition) is 5. The lowest BCUT2D eigenvalue weighted by molar-refractivity contribution is -0.150. The zero-order valence-corrected chi connectivity index (χ0v) is 15.2. The predicted octanol–water partition coefficient (Wildman–Crippen LogP) is 2.05. The first-order valence-corrected chi connectivity index (χ1v) is 9.69. The molecule has 2 fully saturated rings.